The van der Waals surface area contributed by atoms with Gasteiger partial charge in [0.1, 0.15) is 0 Å². The average Bonchev–Trinajstić information content (AvgIpc) is 2.69. The van der Waals surface area contributed by atoms with E-state index in [0.29, 0.717) is 12.2 Å². The number of ether oxygens (including phenoxy) is 1. The Bertz CT molecular complexity index is 577. The van der Waals surface area contributed by atoms with Crippen molar-refractivity contribution in [3.05, 3.63) is 41.5 Å². The number of methoxy groups -OCH3 is 1. The highest BCUT2D eigenvalue weighted by Gasteiger charge is 2.15. The predicted octanol–water partition coefficient (Wildman–Crippen LogP) is 1.00. The van der Waals surface area contributed by atoms with Gasteiger partial charge < -0.3 is 10.5 Å². The van der Waals surface area contributed by atoms with Crippen LogP contribution in [0.1, 0.15) is 21.9 Å². The molecule has 6 heteroatoms. The lowest BCUT2D eigenvalue weighted by molar-refractivity contribution is 0.0594. The average molecular weight is 246 g/mol. The molecule has 2 rings (SSSR count). The molecule has 0 aliphatic carbocycles. The summed E-state index contributed by atoms with van der Waals surface area (Å²) in [4.78, 5) is 15.7. The van der Waals surface area contributed by atoms with Crippen LogP contribution < -0.4 is 5.73 Å². The summed E-state index contributed by atoms with van der Waals surface area (Å²) in [6.45, 7) is 2.38. The first-order valence-electron chi connectivity index (χ1n) is 5.44. The summed E-state index contributed by atoms with van der Waals surface area (Å²) in [6.07, 6.45) is 1.59. The van der Waals surface area contributed by atoms with Gasteiger partial charge in [-0.25, -0.2) is 4.79 Å². The molecule has 94 valence electrons. The Morgan fingerprint density at radius 3 is 2.94 bits per heavy atom. The van der Waals surface area contributed by atoms with Crippen LogP contribution in [0.4, 0.5) is 5.69 Å². The van der Waals surface area contributed by atoms with E-state index in [1.807, 2.05) is 25.1 Å². The third-order valence-electron chi connectivity index (χ3n) is 2.44. The highest BCUT2D eigenvalue weighted by atomic mass is 16.5. The Morgan fingerprint density at radius 1 is 1.50 bits per heavy atom. The van der Waals surface area contributed by atoms with Gasteiger partial charge in [0.2, 0.25) is 0 Å². The van der Waals surface area contributed by atoms with Gasteiger partial charge in [-0.05, 0) is 19.1 Å². The standard InChI is InChI=1S/C12H14N4O2/c1-8-4-3-5-9(14-8)6-16-7-10(13)11(15-16)12(17)18-2/h3-5,7H,6,13H2,1-2H3. The number of hydrogen-bond donors (Lipinski definition) is 1. The minimum atomic E-state index is -0.538. The Kier molecular flexibility index (Phi) is 3.27. The molecule has 0 aromatic carbocycles. The molecular weight excluding hydrogens is 232 g/mol. The number of esters is 1. The summed E-state index contributed by atoms with van der Waals surface area (Å²) in [5.74, 6) is -0.538. The smallest absolute Gasteiger partial charge is 0.360 e. The summed E-state index contributed by atoms with van der Waals surface area (Å²) < 4.78 is 6.16. The van der Waals surface area contributed by atoms with E-state index in [0.717, 1.165) is 11.4 Å². The summed E-state index contributed by atoms with van der Waals surface area (Å²) in [7, 11) is 1.29. The van der Waals surface area contributed by atoms with Gasteiger partial charge in [-0.1, -0.05) is 6.07 Å². The lowest BCUT2D eigenvalue weighted by Crippen LogP contribution is -2.07. The van der Waals surface area contributed by atoms with Crippen LogP contribution in [0, 0.1) is 6.92 Å². The second kappa shape index (κ2) is 4.87. The number of carbonyl (C=O) groups excluding carboxylic acids is 1. The van der Waals surface area contributed by atoms with Gasteiger partial charge in [0.05, 0.1) is 25.0 Å². The SMILES string of the molecule is COC(=O)c1nn(Cc2cccc(C)n2)cc1N. The molecule has 18 heavy (non-hydrogen) atoms. The van der Waals surface area contributed by atoms with Crippen molar-refractivity contribution < 1.29 is 9.53 Å². The van der Waals surface area contributed by atoms with Gasteiger partial charge in [-0.15, -0.1) is 0 Å². The Hall–Kier alpha value is -2.37. The second-order valence-corrected chi connectivity index (χ2v) is 3.89. The molecule has 0 saturated heterocycles. The molecule has 6 nitrogen and oxygen atoms in total. The number of aromatic nitrogens is 3. The van der Waals surface area contributed by atoms with E-state index in [1.54, 1.807) is 10.9 Å². The lowest BCUT2D eigenvalue weighted by Gasteiger charge is -2.01. The molecule has 0 bridgehead atoms. The third kappa shape index (κ3) is 2.48. The predicted molar refractivity (Wildman–Crippen MR) is 66.1 cm³/mol. The Labute approximate surface area is 104 Å². The number of nitrogen functional groups attached to an aromatic ring is 1. The minimum absolute atomic E-state index is 0.130. The van der Waals surface area contributed by atoms with Crippen molar-refractivity contribution in [1.29, 1.82) is 0 Å². The van der Waals surface area contributed by atoms with Gasteiger partial charge in [0.25, 0.3) is 0 Å². The third-order valence-corrected chi connectivity index (χ3v) is 2.44. The van der Waals surface area contributed by atoms with Gasteiger partial charge in [0.15, 0.2) is 5.69 Å². The summed E-state index contributed by atoms with van der Waals surface area (Å²) in [6, 6.07) is 5.73. The number of nitrogens with zero attached hydrogens (tertiary/aromatic N) is 3. The summed E-state index contributed by atoms with van der Waals surface area (Å²) in [5, 5.41) is 4.08. The molecule has 0 radical (unpaired) electrons. The number of anilines is 1. The van der Waals surface area contributed by atoms with Crippen molar-refractivity contribution in [3.63, 3.8) is 0 Å². The second-order valence-electron chi connectivity index (χ2n) is 3.89. The van der Waals surface area contributed by atoms with Crippen LogP contribution in [-0.2, 0) is 11.3 Å². The quantitative estimate of drug-likeness (QED) is 0.817. The lowest BCUT2D eigenvalue weighted by atomic mass is 10.3. The van der Waals surface area contributed by atoms with E-state index in [-0.39, 0.29) is 5.69 Å². The monoisotopic (exact) mass is 246 g/mol. The number of nitrogens with two attached hydrogens (primary N) is 1. The number of rotatable bonds is 3. The van der Waals surface area contributed by atoms with Crippen molar-refractivity contribution in [2.45, 2.75) is 13.5 Å². The molecule has 0 unspecified atom stereocenters. The van der Waals surface area contributed by atoms with E-state index in [2.05, 4.69) is 14.8 Å². The fraction of sp³-hybridized carbons (Fsp3) is 0.250. The number of carbonyl (C=O) groups is 1. The first-order chi connectivity index (χ1) is 8.60. The zero-order valence-electron chi connectivity index (χ0n) is 10.3. The van der Waals surface area contributed by atoms with Gasteiger partial charge in [0, 0.05) is 11.9 Å². The van der Waals surface area contributed by atoms with Crippen LogP contribution in [0.5, 0.6) is 0 Å². The van der Waals surface area contributed by atoms with E-state index in [9.17, 15) is 4.79 Å². The maximum absolute atomic E-state index is 11.4. The first kappa shape index (κ1) is 12.1. The highest BCUT2D eigenvalue weighted by molar-refractivity contribution is 5.92. The maximum Gasteiger partial charge on any atom is 0.360 e. The topological polar surface area (TPSA) is 83.0 Å². The van der Waals surface area contributed by atoms with E-state index >= 15 is 0 Å². The molecule has 2 aromatic rings. The zero-order chi connectivity index (χ0) is 13.1. The van der Waals surface area contributed by atoms with Crippen molar-refractivity contribution >= 4 is 11.7 Å². The largest absolute Gasteiger partial charge is 0.464 e. The molecule has 2 N–H and O–H groups in total. The van der Waals surface area contributed by atoms with Crippen molar-refractivity contribution in [3.8, 4) is 0 Å². The van der Waals surface area contributed by atoms with E-state index in [1.165, 1.54) is 7.11 Å². The molecule has 0 fully saturated rings. The minimum Gasteiger partial charge on any atom is -0.464 e. The number of hydrogen-bond acceptors (Lipinski definition) is 5. The van der Waals surface area contributed by atoms with Crippen LogP contribution in [0.15, 0.2) is 24.4 Å². The molecule has 0 aliphatic heterocycles. The van der Waals surface area contributed by atoms with Gasteiger partial charge in [-0.3, -0.25) is 9.67 Å². The zero-order valence-corrected chi connectivity index (χ0v) is 10.3. The van der Waals surface area contributed by atoms with E-state index in [4.69, 9.17) is 5.73 Å². The van der Waals surface area contributed by atoms with Gasteiger partial charge in [-0.2, -0.15) is 5.10 Å². The van der Waals surface area contributed by atoms with Crippen molar-refractivity contribution in [2.24, 2.45) is 0 Å². The van der Waals surface area contributed by atoms with Crippen LogP contribution in [0.3, 0.4) is 0 Å². The Balaban J connectivity index is 2.23. The first-order valence-corrected chi connectivity index (χ1v) is 5.44. The number of pyridine rings is 1. The fourth-order valence-electron chi connectivity index (χ4n) is 1.63. The molecular formula is C12H14N4O2. The van der Waals surface area contributed by atoms with Crippen LogP contribution in [-0.4, -0.2) is 27.8 Å². The summed E-state index contributed by atoms with van der Waals surface area (Å²) in [5.41, 5.74) is 7.91. The molecule has 2 aromatic heterocycles. The van der Waals surface area contributed by atoms with Crippen LogP contribution in [0.2, 0.25) is 0 Å². The summed E-state index contributed by atoms with van der Waals surface area (Å²) >= 11 is 0. The normalized spacial score (nSPS) is 10.3. The fourth-order valence-corrected chi connectivity index (χ4v) is 1.63. The molecule has 0 spiro atoms. The molecule has 2 heterocycles. The number of aryl methyl sites for hydroxylation is 1. The molecule has 0 atom stereocenters. The highest BCUT2D eigenvalue weighted by Crippen LogP contribution is 2.11. The Morgan fingerprint density at radius 2 is 2.28 bits per heavy atom. The molecule has 0 aliphatic rings. The van der Waals surface area contributed by atoms with Crippen LogP contribution in [0.25, 0.3) is 0 Å². The van der Waals surface area contributed by atoms with Crippen molar-refractivity contribution in [1.82, 2.24) is 14.8 Å². The molecule has 0 saturated carbocycles. The van der Waals surface area contributed by atoms with Gasteiger partial charge >= 0.3 is 5.97 Å². The molecule has 0 amide bonds. The maximum atomic E-state index is 11.4. The van der Waals surface area contributed by atoms with E-state index < -0.39 is 5.97 Å². The van der Waals surface area contributed by atoms with Crippen molar-refractivity contribution in [2.75, 3.05) is 12.8 Å². The van der Waals surface area contributed by atoms with Crippen LogP contribution >= 0.6 is 0 Å².